The predicted molar refractivity (Wildman–Crippen MR) is 114 cm³/mol. The van der Waals surface area contributed by atoms with Crippen LogP contribution in [0, 0.1) is 6.92 Å². The van der Waals surface area contributed by atoms with Crippen molar-refractivity contribution in [2.45, 2.75) is 57.1 Å². The van der Waals surface area contributed by atoms with E-state index in [2.05, 4.69) is 9.97 Å². The highest BCUT2D eigenvalue weighted by atomic mass is 19.4. The summed E-state index contributed by atoms with van der Waals surface area (Å²) in [4.78, 5) is 37.2. The lowest BCUT2D eigenvalue weighted by atomic mass is 10.1. The monoisotopic (exact) mass is 463 g/mol. The summed E-state index contributed by atoms with van der Waals surface area (Å²) in [6.07, 6.45) is -2.81. The fourth-order valence-electron chi connectivity index (χ4n) is 4.99. The van der Waals surface area contributed by atoms with Gasteiger partial charge in [0.15, 0.2) is 5.78 Å². The Hall–Kier alpha value is -2.95. The molecule has 2 aromatic heterocycles. The molecule has 5 rings (SSSR count). The average molecular weight is 463 g/mol. The van der Waals surface area contributed by atoms with Crippen molar-refractivity contribution in [3.8, 4) is 0 Å². The Morgan fingerprint density at radius 3 is 2.73 bits per heavy atom. The zero-order valence-electron chi connectivity index (χ0n) is 18.3. The lowest BCUT2D eigenvalue weighted by Crippen LogP contribution is -2.54. The number of rotatable bonds is 4. The summed E-state index contributed by atoms with van der Waals surface area (Å²) in [6, 6.07) is 2.63. The van der Waals surface area contributed by atoms with Crippen LogP contribution in [-0.4, -0.2) is 63.9 Å². The van der Waals surface area contributed by atoms with Gasteiger partial charge in [0.1, 0.15) is 11.9 Å². The Bertz CT molecular complexity index is 1150. The third kappa shape index (κ3) is 3.88. The first kappa shape index (κ1) is 21.9. The molecule has 11 heteroatoms. The summed E-state index contributed by atoms with van der Waals surface area (Å²) in [7, 11) is 0. The summed E-state index contributed by atoms with van der Waals surface area (Å²) < 4.78 is 48.9. The molecule has 0 amide bonds. The van der Waals surface area contributed by atoms with Crippen molar-refractivity contribution < 1.29 is 22.7 Å². The van der Waals surface area contributed by atoms with Crippen LogP contribution in [0.4, 0.5) is 24.9 Å². The largest absolute Gasteiger partial charge is 0.408 e. The number of ether oxygens (including phenoxy) is 1. The number of ketones is 1. The molecule has 0 spiro atoms. The van der Waals surface area contributed by atoms with Gasteiger partial charge in [-0.25, -0.2) is 0 Å². The number of morpholine rings is 1. The van der Waals surface area contributed by atoms with Gasteiger partial charge >= 0.3 is 6.18 Å². The number of fused-ring (bicyclic) bond motifs is 3. The lowest BCUT2D eigenvalue weighted by Gasteiger charge is -2.39. The van der Waals surface area contributed by atoms with Crippen LogP contribution in [0.3, 0.4) is 0 Å². The van der Waals surface area contributed by atoms with Gasteiger partial charge in [-0.15, -0.1) is 0 Å². The third-order valence-corrected chi connectivity index (χ3v) is 6.69. The van der Waals surface area contributed by atoms with Gasteiger partial charge in [-0.05, 0) is 32.4 Å². The number of hydrogen-bond acceptors (Lipinski definition) is 7. The number of halogens is 3. The fraction of sp³-hybridized carbons (Fsp3) is 0.545. The van der Waals surface area contributed by atoms with Gasteiger partial charge in [0.2, 0.25) is 5.95 Å². The highest BCUT2D eigenvalue weighted by Crippen LogP contribution is 2.40. The van der Waals surface area contributed by atoms with Crippen LogP contribution in [0.15, 0.2) is 29.2 Å². The van der Waals surface area contributed by atoms with Crippen LogP contribution in [0.1, 0.15) is 35.8 Å². The summed E-state index contributed by atoms with van der Waals surface area (Å²) in [5.41, 5.74) is 0.109. The van der Waals surface area contributed by atoms with Gasteiger partial charge in [-0.3, -0.25) is 19.1 Å². The maximum absolute atomic E-state index is 14.0. The van der Waals surface area contributed by atoms with E-state index in [9.17, 15) is 22.8 Å². The Balaban J connectivity index is 1.54. The van der Waals surface area contributed by atoms with Gasteiger partial charge in [0.25, 0.3) is 5.56 Å². The molecule has 3 atom stereocenters. The Morgan fingerprint density at radius 2 is 2.12 bits per heavy atom. The van der Waals surface area contributed by atoms with Crippen LogP contribution in [0.25, 0.3) is 0 Å². The van der Waals surface area contributed by atoms with Gasteiger partial charge in [0, 0.05) is 43.0 Å². The van der Waals surface area contributed by atoms with Gasteiger partial charge in [0.05, 0.1) is 24.8 Å². The SMILES string of the molecule is Cc1ccc(C(=O)CN2c3nc(N4C[C@]5(C)CC4CO5)cc(=O)n3CC[C@H]2C(F)(F)F)cn1. The smallest absolute Gasteiger partial charge is 0.371 e. The number of Topliss-reactive ketones (excluding diaryl/α,β-unsaturated/α-hetero) is 1. The third-order valence-electron chi connectivity index (χ3n) is 6.69. The molecule has 0 aliphatic carbocycles. The summed E-state index contributed by atoms with van der Waals surface area (Å²) in [6.45, 7) is 4.03. The van der Waals surface area contributed by atoms with Crippen molar-refractivity contribution in [2.75, 3.05) is 29.5 Å². The van der Waals surface area contributed by atoms with E-state index in [1.54, 1.807) is 13.0 Å². The molecule has 0 N–H and O–H groups in total. The number of carbonyl (C=O) groups is 1. The average Bonchev–Trinajstić information content (AvgIpc) is 3.29. The maximum atomic E-state index is 14.0. The molecular formula is C22H24F3N5O3. The molecule has 0 radical (unpaired) electrons. The maximum Gasteiger partial charge on any atom is 0.408 e. The second-order valence-electron chi connectivity index (χ2n) is 9.24. The van der Waals surface area contributed by atoms with Crippen LogP contribution in [0.5, 0.6) is 0 Å². The normalized spacial score (nSPS) is 26.6. The fourth-order valence-corrected chi connectivity index (χ4v) is 4.99. The molecular weight excluding hydrogens is 439 g/mol. The lowest BCUT2D eigenvalue weighted by molar-refractivity contribution is -0.152. The molecule has 176 valence electrons. The Labute approximate surface area is 188 Å². The zero-order valence-corrected chi connectivity index (χ0v) is 18.3. The van der Waals surface area contributed by atoms with Gasteiger partial charge in [-0.1, -0.05) is 0 Å². The number of anilines is 2. The van der Waals surface area contributed by atoms with Gasteiger partial charge < -0.3 is 14.5 Å². The Kier molecular flexibility index (Phi) is 5.00. The van der Waals surface area contributed by atoms with E-state index in [-0.39, 0.29) is 36.1 Å². The quantitative estimate of drug-likeness (QED) is 0.644. The van der Waals surface area contributed by atoms with Crippen LogP contribution in [0.2, 0.25) is 0 Å². The summed E-state index contributed by atoms with van der Waals surface area (Å²) in [5.74, 6) is -0.333. The van der Waals surface area contributed by atoms with Crippen molar-refractivity contribution in [3.05, 3.63) is 46.0 Å². The molecule has 33 heavy (non-hydrogen) atoms. The van der Waals surface area contributed by atoms with E-state index in [0.717, 1.165) is 11.3 Å². The number of nitrogens with zero attached hydrogens (tertiary/aromatic N) is 5. The number of alkyl halides is 3. The molecule has 2 saturated heterocycles. The van der Waals surface area contributed by atoms with E-state index in [1.165, 1.54) is 22.9 Å². The molecule has 3 aliphatic heterocycles. The molecule has 8 nitrogen and oxygen atoms in total. The highest BCUT2D eigenvalue weighted by Gasteiger charge is 2.50. The Morgan fingerprint density at radius 1 is 1.33 bits per heavy atom. The van der Waals surface area contributed by atoms with E-state index in [0.29, 0.717) is 24.7 Å². The minimum Gasteiger partial charge on any atom is -0.371 e. The molecule has 1 unspecified atom stereocenters. The summed E-state index contributed by atoms with van der Waals surface area (Å²) in [5, 5.41) is 0. The molecule has 0 saturated carbocycles. The first-order valence-corrected chi connectivity index (χ1v) is 10.9. The minimum absolute atomic E-state index is 0.0145. The molecule has 3 aliphatic rings. The summed E-state index contributed by atoms with van der Waals surface area (Å²) >= 11 is 0. The van der Waals surface area contributed by atoms with Crippen molar-refractivity contribution in [1.29, 1.82) is 0 Å². The van der Waals surface area contributed by atoms with Crippen LogP contribution >= 0.6 is 0 Å². The standard InChI is InChI=1S/C22H24F3N5O3/c1-13-3-4-14(9-26-13)16(31)10-29-17(22(23,24)25)5-6-28-19(32)7-18(27-20(28)29)30-12-21(2)8-15(30)11-33-21/h3-4,7,9,15,17H,5-6,8,10-12H2,1-2H3/t15?,17-,21-/m0/s1. The number of pyridine rings is 1. The molecule has 5 heterocycles. The van der Waals surface area contributed by atoms with Crippen molar-refractivity contribution in [2.24, 2.45) is 0 Å². The number of carbonyl (C=O) groups excluding carboxylic acids is 1. The first-order chi connectivity index (χ1) is 15.5. The number of hydrogen-bond donors (Lipinski definition) is 0. The number of aromatic nitrogens is 3. The first-order valence-electron chi connectivity index (χ1n) is 10.9. The van der Waals surface area contributed by atoms with Crippen LogP contribution in [-0.2, 0) is 11.3 Å². The second kappa shape index (κ2) is 7.54. The van der Waals surface area contributed by atoms with Crippen molar-refractivity contribution >= 4 is 17.5 Å². The molecule has 2 fully saturated rings. The molecule has 2 aromatic rings. The zero-order chi connectivity index (χ0) is 23.5. The molecule has 0 aromatic carbocycles. The van der Waals surface area contributed by atoms with E-state index in [1.807, 2.05) is 11.8 Å². The van der Waals surface area contributed by atoms with Crippen molar-refractivity contribution in [1.82, 2.24) is 14.5 Å². The van der Waals surface area contributed by atoms with E-state index in [4.69, 9.17) is 4.74 Å². The van der Waals surface area contributed by atoms with Crippen molar-refractivity contribution in [3.63, 3.8) is 0 Å². The predicted octanol–water partition coefficient (Wildman–Crippen LogP) is 2.34. The highest BCUT2D eigenvalue weighted by molar-refractivity contribution is 5.99. The number of aryl methyl sites for hydroxylation is 1. The van der Waals surface area contributed by atoms with E-state index >= 15 is 0 Å². The van der Waals surface area contributed by atoms with Gasteiger partial charge in [-0.2, -0.15) is 18.2 Å². The minimum atomic E-state index is -4.58. The molecule has 2 bridgehead atoms. The van der Waals surface area contributed by atoms with Crippen LogP contribution < -0.4 is 15.4 Å². The topological polar surface area (TPSA) is 80.6 Å². The second-order valence-corrected chi connectivity index (χ2v) is 9.24. The van der Waals surface area contributed by atoms with E-state index < -0.39 is 30.1 Å².